The van der Waals surface area contributed by atoms with Crippen molar-refractivity contribution in [3.8, 4) is 5.75 Å². The Balaban J connectivity index is 2.47. The van der Waals surface area contributed by atoms with Crippen molar-refractivity contribution >= 4 is 54.4 Å². The van der Waals surface area contributed by atoms with Gasteiger partial charge >= 0.3 is 0 Å². The molecule has 0 amide bonds. The first-order valence-corrected chi connectivity index (χ1v) is 10.5. The van der Waals surface area contributed by atoms with Gasteiger partial charge < -0.3 is 10.8 Å². The molecule has 0 saturated carbocycles. The summed E-state index contributed by atoms with van der Waals surface area (Å²) < 4.78 is 64.8. The fraction of sp³-hybridized carbons (Fsp3) is 0.0769. The van der Waals surface area contributed by atoms with Crippen molar-refractivity contribution < 1.29 is 31.0 Å². The van der Waals surface area contributed by atoms with Crippen LogP contribution in [0.1, 0.15) is 5.56 Å². The van der Waals surface area contributed by atoms with Crippen LogP contribution < -0.4 is 11.6 Å². The molecule has 150 valence electrons. The molecule has 0 aliphatic carbocycles. The summed E-state index contributed by atoms with van der Waals surface area (Å²) >= 11 is 5.92. The van der Waals surface area contributed by atoms with Crippen LogP contribution in [0.15, 0.2) is 44.0 Å². The number of hydrogen-bond acceptors (Lipinski definition) is 10. The molecule has 28 heavy (non-hydrogen) atoms. The van der Waals surface area contributed by atoms with Crippen molar-refractivity contribution in [2.75, 3.05) is 0 Å². The largest absolute Gasteiger partial charge is 0.507 e. The summed E-state index contributed by atoms with van der Waals surface area (Å²) in [6.45, 7) is 0. The number of phenolic OH excluding ortho intramolecular Hbond substituents is 1. The second-order valence-corrected chi connectivity index (χ2v) is 8.84. The molecule has 0 fully saturated rings. The third-order valence-electron chi connectivity index (χ3n) is 3.75. The quantitative estimate of drug-likeness (QED) is 0.180. The summed E-state index contributed by atoms with van der Waals surface area (Å²) in [6.07, 6.45) is 0. The topological polar surface area (TPSA) is 209 Å². The smallest absolute Gasteiger partial charge is 0.294 e. The van der Waals surface area contributed by atoms with Crippen molar-refractivity contribution in [2.24, 2.45) is 21.6 Å². The molecule has 1 unspecified atom stereocenters. The van der Waals surface area contributed by atoms with Crippen LogP contribution in [-0.2, 0) is 20.2 Å². The van der Waals surface area contributed by atoms with E-state index in [-0.39, 0.29) is 28.1 Å². The summed E-state index contributed by atoms with van der Waals surface area (Å²) in [5.74, 6) is 4.64. The molecule has 0 aromatic heterocycles. The fourth-order valence-corrected chi connectivity index (χ4v) is 3.85. The highest BCUT2D eigenvalue weighted by Gasteiger charge is 2.28. The Labute approximate surface area is 163 Å². The van der Waals surface area contributed by atoms with E-state index in [4.69, 9.17) is 23.2 Å². The molecule has 1 heterocycles. The number of nitrogens with zero attached hydrogens (tertiary/aromatic N) is 3. The van der Waals surface area contributed by atoms with Gasteiger partial charge in [0.2, 0.25) is 11.6 Å². The van der Waals surface area contributed by atoms with Gasteiger partial charge in [-0.05, 0) is 23.6 Å². The van der Waals surface area contributed by atoms with E-state index in [0.717, 1.165) is 29.3 Å². The number of hydrogen-bond donors (Lipinski definition) is 5. The van der Waals surface area contributed by atoms with E-state index in [9.17, 15) is 31.0 Å². The summed E-state index contributed by atoms with van der Waals surface area (Å²) in [5, 5.41) is 10.9. The van der Waals surface area contributed by atoms with E-state index in [1.807, 2.05) is 0 Å². The number of aromatic hydroxyl groups is 1. The summed E-state index contributed by atoms with van der Waals surface area (Å²) in [6, 6.07) is 3.46. The van der Waals surface area contributed by atoms with E-state index in [0.29, 0.717) is 0 Å². The van der Waals surface area contributed by atoms with Gasteiger partial charge in [0, 0.05) is 17.0 Å². The molecule has 1 aliphatic rings. The van der Waals surface area contributed by atoms with Crippen LogP contribution >= 0.6 is 11.6 Å². The van der Waals surface area contributed by atoms with Gasteiger partial charge in [-0.2, -0.15) is 21.8 Å². The molecule has 0 saturated heterocycles. The van der Waals surface area contributed by atoms with Crippen LogP contribution in [0.25, 0.3) is 10.8 Å². The van der Waals surface area contributed by atoms with Gasteiger partial charge in [-0.3, -0.25) is 14.1 Å². The lowest BCUT2D eigenvalue weighted by molar-refractivity contribution is 0.411. The Morgan fingerprint density at radius 2 is 1.57 bits per heavy atom. The minimum atomic E-state index is -4.76. The third-order valence-corrected chi connectivity index (χ3v) is 5.72. The highest BCUT2D eigenvalue weighted by Crippen LogP contribution is 2.35. The first kappa shape index (κ1) is 20.2. The molecule has 0 bridgehead atoms. The highest BCUT2D eigenvalue weighted by atomic mass is 35.5. The molecule has 1 aliphatic heterocycles. The monoisotopic (exact) mass is 449 g/mol. The molecule has 15 heteroatoms. The molecule has 0 spiro atoms. The number of alkyl halides is 1. The Bertz CT molecular complexity index is 1270. The van der Waals surface area contributed by atoms with E-state index in [1.165, 1.54) is 0 Å². The summed E-state index contributed by atoms with van der Waals surface area (Å²) in [4.78, 5) is 6.20. The third kappa shape index (κ3) is 3.60. The zero-order valence-corrected chi connectivity index (χ0v) is 15.9. The average Bonchev–Trinajstić information content (AvgIpc) is 2.55. The number of amidine groups is 1. The van der Waals surface area contributed by atoms with Crippen LogP contribution in [0.2, 0.25) is 0 Å². The van der Waals surface area contributed by atoms with Crippen molar-refractivity contribution in [1.29, 1.82) is 0 Å². The maximum Gasteiger partial charge on any atom is 0.294 e. The lowest BCUT2D eigenvalue weighted by Gasteiger charge is -2.27. The number of guanidine groups is 1. The van der Waals surface area contributed by atoms with Gasteiger partial charge in [0.1, 0.15) is 5.75 Å². The number of halogens is 1. The van der Waals surface area contributed by atoms with Crippen molar-refractivity contribution in [3.63, 3.8) is 0 Å². The zero-order chi connectivity index (χ0) is 21.0. The number of rotatable bonds is 3. The van der Waals surface area contributed by atoms with Crippen LogP contribution in [0.4, 0.5) is 0 Å². The SMILES string of the molecule is NC1=NC(Cl)N(N)C(c2cc(S(=O)(=O)O)cc3cc(S(=O)(=O)O)cc(O)c23)=N1. The van der Waals surface area contributed by atoms with E-state index < -0.39 is 41.4 Å². The standard InChI is InChI=1S/C13H12ClN5O7S2/c14-12-18-13(15)17-11(19(12)16)8-3-6(27(21,22)23)1-5-2-7(28(24,25)26)4-9(20)10(5)8/h1-4,12,20H,16H2,(H2,15,18)(H,21,22,23)(H,24,25,26). The number of aliphatic imine (C=N–C) groups is 2. The predicted octanol–water partition coefficient (Wildman–Crippen LogP) is -0.188. The lowest BCUT2D eigenvalue weighted by atomic mass is 10.0. The first-order chi connectivity index (χ1) is 12.8. The maximum atomic E-state index is 11.7. The van der Waals surface area contributed by atoms with Gasteiger partial charge in [-0.15, -0.1) is 0 Å². The van der Waals surface area contributed by atoms with Crippen LogP contribution in [0.5, 0.6) is 5.75 Å². The van der Waals surface area contributed by atoms with Gasteiger partial charge in [0.15, 0.2) is 5.84 Å². The Morgan fingerprint density at radius 3 is 2.11 bits per heavy atom. The molecule has 7 N–H and O–H groups in total. The van der Waals surface area contributed by atoms with Gasteiger partial charge in [0.25, 0.3) is 20.2 Å². The first-order valence-electron chi connectivity index (χ1n) is 7.15. The fourth-order valence-electron chi connectivity index (χ4n) is 2.58. The van der Waals surface area contributed by atoms with Crippen LogP contribution in [0, 0.1) is 0 Å². The van der Waals surface area contributed by atoms with Crippen molar-refractivity contribution in [2.45, 2.75) is 15.4 Å². The number of nitrogens with two attached hydrogens (primary N) is 2. The lowest BCUT2D eigenvalue weighted by Crippen LogP contribution is -2.46. The second kappa shape index (κ2) is 6.54. The molecular weight excluding hydrogens is 438 g/mol. The molecule has 1 atom stereocenters. The summed E-state index contributed by atoms with van der Waals surface area (Å²) in [5.41, 5.74) is 4.20. The minimum Gasteiger partial charge on any atom is -0.507 e. The number of benzene rings is 2. The highest BCUT2D eigenvalue weighted by molar-refractivity contribution is 7.86. The van der Waals surface area contributed by atoms with Gasteiger partial charge in [-0.1, -0.05) is 11.6 Å². The number of phenols is 1. The molecule has 2 aromatic rings. The normalized spacial score (nSPS) is 18.1. The molecule has 2 aromatic carbocycles. The Kier molecular flexibility index (Phi) is 4.73. The average molecular weight is 450 g/mol. The Hall–Kier alpha value is -2.49. The van der Waals surface area contributed by atoms with Crippen molar-refractivity contribution in [3.05, 3.63) is 29.8 Å². The second-order valence-electron chi connectivity index (χ2n) is 5.60. The number of hydrazine groups is 1. The zero-order valence-electron chi connectivity index (χ0n) is 13.6. The molecule has 3 rings (SSSR count). The molecule has 0 radical (unpaired) electrons. The van der Waals surface area contributed by atoms with E-state index >= 15 is 0 Å². The maximum absolute atomic E-state index is 11.7. The van der Waals surface area contributed by atoms with Crippen LogP contribution in [0.3, 0.4) is 0 Å². The molecule has 12 nitrogen and oxygen atoms in total. The molecular formula is C13H12ClN5O7S2. The van der Waals surface area contributed by atoms with Gasteiger partial charge in [-0.25, -0.2) is 10.8 Å². The van der Waals surface area contributed by atoms with Crippen molar-refractivity contribution in [1.82, 2.24) is 5.01 Å². The summed E-state index contributed by atoms with van der Waals surface area (Å²) in [7, 11) is -9.49. The number of fused-ring (bicyclic) bond motifs is 1. The predicted molar refractivity (Wildman–Crippen MR) is 99.1 cm³/mol. The van der Waals surface area contributed by atoms with Crippen LogP contribution in [-0.4, -0.2) is 53.5 Å². The Morgan fingerprint density at radius 1 is 1.04 bits per heavy atom. The van der Waals surface area contributed by atoms with E-state index in [2.05, 4.69) is 9.98 Å². The van der Waals surface area contributed by atoms with E-state index in [1.54, 1.807) is 0 Å². The minimum absolute atomic E-state index is 0.0902. The van der Waals surface area contributed by atoms with Gasteiger partial charge in [0.05, 0.1) is 9.79 Å².